The molecule has 62 valence electrons. The van der Waals surface area contributed by atoms with Crippen molar-refractivity contribution in [1.82, 2.24) is 0 Å². The molecule has 0 aliphatic heterocycles. The van der Waals surface area contributed by atoms with Gasteiger partial charge in [-0.25, -0.2) is 0 Å². The van der Waals surface area contributed by atoms with Crippen LogP contribution in [-0.4, -0.2) is 0 Å². The standard InChI is InChI=1S/C9H8BrNO/c10-8-2-1-6(5-11)9-7(8)3-4-12-9/h1-4H,5,11H2. The summed E-state index contributed by atoms with van der Waals surface area (Å²) in [6, 6.07) is 5.88. The summed E-state index contributed by atoms with van der Waals surface area (Å²) >= 11 is 3.44. The molecule has 1 aromatic carbocycles. The van der Waals surface area contributed by atoms with E-state index in [0.29, 0.717) is 6.54 Å². The average molecular weight is 226 g/mol. The van der Waals surface area contributed by atoms with Crippen molar-refractivity contribution in [1.29, 1.82) is 0 Å². The van der Waals surface area contributed by atoms with E-state index in [-0.39, 0.29) is 0 Å². The predicted molar refractivity (Wildman–Crippen MR) is 51.8 cm³/mol. The number of hydrogen-bond acceptors (Lipinski definition) is 2. The zero-order valence-electron chi connectivity index (χ0n) is 6.38. The SMILES string of the molecule is NCc1ccc(Br)c2ccoc12. The summed E-state index contributed by atoms with van der Waals surface area (Å²) in [5.41, 5.74) is 7.47. The molecule has 2 aromatic rings. The third kappa shape index (κ3) is 1.06. The summed E-state index contributed by atoms with van der Waals surface area (Å²) in [6.07, 6.45) is 1.68. The van der Waals surface area contributed by atoms with E-state index >= 15 is 0 Å². The molecule has 0 atom stereocenters. The molecular weight excluding hydrogens is 218 g/mol. The molecule has 0 aliphatic rings. The van der Waals surface area contributed by atoms with E-state index in [9.17, 15) is 0 Å². The third-order valence-electron chi connectivity index (χ3n) is 1.86. The van der Waals surface area contributed by atoms with Crippen LogP contribution in [0.2, 0.25) is 0 Å². The molecule has 0 saturated carbocycles. The molecule has 2 nitrogen and oxygen atoms in total. The maximum atomic E-state index is 5.55. The van der Waals surface area contributed by atoms with Crippen molar-refractivity contribution in [3.05, 3.63) is 34.5 Å². The molecule has 12 heavy (non-hydrogen) atoms. The number of nitrogens with two attached hydrogens (primary N) is 1. The van der Waals surface area contributed by atoms with E-state index < -0.39 is 0 Å². The van der Waals surface area contributed by atoms with Gasteiger partial charge in [-0.3, -0.25) is 0 Å². The second-order valence-electron chi connectivity index (χ2n) is 2.57. The van der Waals surface area contributed by atoms with Crippen molar-refractivity contribution in [2.45, 2.75) is 6.54 Å². The van der Waals surface area contributed by atoms with Crippen LogP contribution in [0.3, 0.4) is 0 Å². The Morgan fingerprint density at radius 3 is 2.92 bits per heavy atom. The van der Waals surface area contributed by atoms with Gasteiger partial charge in [-0.15, -0.1) is 0 Å². The highest BCUT2D eigenvalue weighted by atomic mass is 79.9. The fourth-order valence-corrected chi connectivity index (χ4v) is 1.69. The molecule has 0 bridgehead atoms. The van der Waals surface area contributed by atoms with Gasteiger partial charge in [-0.05, 0) is 12.1 Å². The van der Waals surface area contributed by atoms with Gasteiger partial charge in [0.05, 0.1) is 6.26 Å². The summed E-state index contributed by atoms with van der Waals surface area (Å²) in [7, 11) is 0. The Morgan fingerprint density at radius 2 is 2.17 bits per heavy atom. The topological polar surface area (TPSA) is 39.2 Å². The van der Waals surface area contributed by atoms with Crippen molar-refractivity contribution in [3.8, 4) is 0 Å². The van der Waals surface area contributed by atoms with Crippen LogP contribution in [-0.2, 0) is 6.54 Å². The minimum atomic E-state index is 0.511. The van der Waals surface area contributed by atoms with Crippen LogP contribution < -0.4 is 5.73 Å². The fraction of sp³-hybridized carbons (Fsp3) is 0.111. The highest BCUT2D eigenvalue weighted by molar-refractivity contribution is 9.10. The first-order chi connectivity index (χ1) is 5.83. The van der Waals surface area contributed by atoms with Gasteiger partial charge in [0.15, 0.2) is 0 Å². The summed E-state index contributed by atoms with van der Waals surface area (Å²) in [4.78, 5) is 0. The van der Waals surface area contributed by atoms with Gasteiger partial charge in [-0.2, -0.15) is 0 Å². The van der Waals surface area contributed by atoms with Gasteiger partial charge in [0.25, 0.3) is 0 Å². The molecule has 0 unspecified atom stereocenters. The van der Waals surface area contributed by atoms with E-state index in [1.807, 2.05) is 18.2 Å². The summed E-state index contributed by atoms with van der Waals surface area (Å²) in [5.74, 6) is 0. The largest absolute Gasteiger partial charge is 0.464 e. The Bertz CT molecular complexity index is 408. The Morgan fingerprint density at radius 1 is 1.33 bits per heavy atom. The van der Waals surface area contributed by atoms with Gasteiger partial charge in [-0.1, -0.05) is 22.0 Å². The normalized spacial score (nSPS) is 10.8. The molecule has 2 rings (SSSR count). The minimum Gasteiger partial charge on any atom is -0.464 e. The first-order valence-electron chi connectivity index (χ1n) is 3.67. The van der Waals surface area contributed by atoms with Gasteiger partial charge >= 0.3 is 0 Å². The lowest BCUT2D eigenvalue weighted by Crippen LogP contribution is -1.95. The van der Waals surface area contributed by atoms with E-state index in [4.69, 9.17) is 10.2 Å². The van der Waals surface area contributed by atoms with Crippen LogP contribution in [0.15, 0.2) is 33.4 Å². The lowest BCUT2D eigenvalue weighted by Gasteiger charge is -1.98. The number of halogens is 1. The number of fused-ring (bicyclic) bond motifs is 1. The molecule has 3 heteroatoms. The average Bonchev–Trinajstić information content (AvgIpc) is 2.54. The maximum absolute atomic E-state index is 5.55. The lowest BCUT2D eigenvalue weighted by molar-refractivity contribution is 0.611. The van der Waals surface area contributed by atoms with Crippen LogP contribution >= 0.6 is 15.9 Å². The van der Waals surface area contributed by atoms with Crippen LogP contribution in [0.25, 0.3) is 11.0 Å². The second-order valence-corrected chi connectivity index (χ2v) is 3.43. The number of furan rings is 1. The molecule has 0 radical (unpaired) electrons. The van der Waals surface area contributed by atoms with E-state index in [0.717, 1.165) is 21.0 Å². The summed E-state index contributed by atoms with van der Waals surface area (Å²) < 4.78 is 6.36. The Hall–Kier alpha value is -0.800. The first-order valence-corrected chi connectivity index (χ1v) is 4.47. The molecule has 0 amide bonds. The quantitative estimate of drug-likeness (QED) is 0.811. The Kier molecular flexibility index (Phi) is 1.90. The van der Waals surface area contributed by atoms with E-state index in [1.54, 1.807) is 6.26 Å². The van der Waals surface area contributed by atoms with Gasteiger partial charge in [0.1, 0.15) is 5.58 Å². The highest BCUT2D eigenvalue weighted by Gasteiger charge is 2.05. The van der Waals surface area contributed by atoms with Crippen LogP contribution in [0.4, 0.5) is 0 Å². The number of benzene rings is 1. The van der Waals surface area contributed by atoms with E-state index in [1.165, 1.54) is 0 Å². The summed E-state index contributed by atoms with van der Waals surface area (Å²) in [6.45, 7) is 0.511. The smallest absolute Gasteiger partial charge is 0.139 e. The fourth-order valence-electron chi connectivity index (χ4n) is 1.25. The molecule has 0 saturated heterocycles. The van der Waals surface area contributed by atoms with Crippen molar-refractivity contribution >= 4 is 26.9 Å². The monoisotopic (exact) mass is 225 g/mol. The Balaban J connectivity index is 2.82. The number of rotatable bonds is 1. The van der Waals surface area contributed by atoms with Crippen molar-refractivity contribution < 1.29 is 4.42 Å². The van der Waals surface area contributed by atoms with Gasteiger partial charge < -0.3 is 10.2 Å². The van der Waals surface area contributed by atoms with Gasteiger partial charge in [0.2, 0.25) is 0 Å². The maximum Gasteiger partial charge on any atom is 0.139 e. The van der Waals surface area contributed by atoms with Crippen LogP contribution in [0.5, 0.6) is 0 Å². The minimum absolute atomic E-state index is 0.511. The molecule has 0 aliphatic carbocycles. The van der Waals surface area contributed by atoms with Gasteiger partial charge in [0, 0.05) is 22.0 Å². The lowest BCUT2D eigenvalue weighted by atomic mass is 10.1. The molecule has 2 N–H and O–H groups in total. The van der Waals surface area contributed by atoms with Crippen molar-refractivity contribution in [3.63, 3.8) is 0 Å². The molecule has 0 spiro atoms. The summed E-state index contributed by atoms with van der Waals surface area (Å²) in [5, 5.41) is 1.08. The third-order valence-corrected chi connectivity index (χ3v) is 2.56. The zero-order valence-corrected chi connectivity index (χ0v) is 7.97. The number of hydrogen-bond donors (Lipinski definition) is 1. The zero-order chi connectivity index (χ0) is 8.55. The molecule has 0 fully saturated rings. The van der Waals surface area contributed by atoms with E-state index in [2.05, 4.69) is 15.9 Å². The van der Waals surface area contributed by atoms with Crippen molar-refractivity contribution in [2.75, 3.05) is 0 Å². The second kappa shape index (κ2) is 2.92. The van der Waals surface area contributed by atoms with Crippen LogP contribution in [0, 0.1) is 0 Å². The van der Waals surface area contributed by atoms with Crippen molar-refractivity contribution in [2.24, 2.45) is 5.73 Å². The molecule has 1 aromatic heterocycles. The molecular formula is C9H8BrNO. The Labute approximate surface area is 78.5 Å². The predicted octanol–water partition coefficient (Wildman–Crippen LogP) is 2.65. The first kappa shape index (κ1) is 7.83. The highest BCUT2D eigenvalue weighted by Crippen LogP contribution is 2.27. The van der Waals surface area contributed by atoms with Crippen LogP contribution in [0.1, 0.15) is 5.56 Å². The molecule has 1 heterocycles.